The largest absolute Gasteiger partial charge is 0.494 e. The molecule has 4 amide bonds. The molecule has 0 spiro atoms. The molecule has 3 aliphatic heterocycles. The Morgan fingerprint density at radius 3 is 2.46 bits per heavy atom. The molecule has 4 heterocycles. The number of nitrogens with one attached hydrogen (secondary N) is 4. The summed E-state index contributed by atoms with van der Waals surface area (Å²) in [5.74, 6) is -0.768. The second-order valence-electron chi connectivity index (χ2n) is 14.3. The summed E-state index contributed by atoms with van der Waals surface area (Å²) >= 11 is 0. The molecular formula is C41H43F3N8O5. The van der Waals surface area contributed by atoms with Crippen molar-refractivity contribution in [3.63, 3.8) is 0 Å². The average molecular weight is 785 g/mol. The predicted molar refractivity (Wildman–Crippen MR) is 208 cm³/mol. The Morgan fingerprint density at radius 1 is 0.965 bits per heavy atom. The SMILES string of the molecule is CNC(=O)c1ccccc1Nc1cc(Nc2ccc(N3CCC(N(C)Cc4cccc5c4CN(C4CCC(=O)NC4=O)C5=O)CC3)cc2OC)ncc1C(F)(F)F. The molecule has 3 aromatic carbocycles. The van der Waals surface area contributed by atoms with Crippen LogP contribution in [0.1, 0.15) is 63.1 Å². The first-order chi connectivity index (χ1) is 27.3. The summed E-state index contributed by atoms with van der Waals surface area (Å²) < 4.78 is 47.9. The van der Waals surface area contributed by atoms with Crippen LogP contribution in [0.15, 0.2) is 72.9 Å². The minimum absolute atomic E-state index is 0.134. The van der Waals surface area contributed by atoms with Gasteiger partial charge in [-0.15, -0.1) is 0 Å². The van der Waals surface area contributed by atoms with Crippen molar-refractivity contribution in [2.75, 3.05) is 49.8 Å². The van der Waals surface area contributed by atoms with Gasteiger partial charge in [0.1, 0.15) is 17.6 Å². The summed E-state index contributed by atoms with van der Waals surface area (Å²) in [6, 6.07) is 18.5. The molecule has 0 radical (unpaired) electrons. The molecule has 0 saturated carbocycles. The zero-order valence-electron chi connectivity index (χ0n) is 31.7. The van der Waals surface area contributed by atoms with E-state index in [1.807, 2.05) is 24.3 Å². The number of amides is 4. The van der Waals surface area contributed by atoms with Crippen LogP contribution in [-0.4, -0.2) is 84.8 Å². The molecule has 1 aromatic heterocycles. The van der Waals surface area contributed by atoms with Crippen molar-refractivity contribution in [2.24, 2.45) is 0 Å². The molecule has 2 fully saturated rings. The maximum atomic E-state index is 14.1. The number of nitrogens with zero attached hydrogens (tertiary/aromatic N) is 4. The van der Waals surface area contributed by atoms with Gasteiger partial charge >= 0.3 is 6.18 Å². The predicted octanol–water partition coefficient (Wildman–Crippen LogP) is 5.82. The van der Waals surface area contributed by atoms with E-state index in [1.165, 1.54) is 32.4 Å². The lowest BCUT2D eigenvalue weighted by atomic mass is 9.99. The van der Waals surface area contributed by atoms with Gasteiger partial charge < -0.3 is 30.5 Å². The standard InChI is InChI=1S/C41H43F3N8O5/c1-45-38(54)28-8-4-5-10-31(28)47-33-20-36(46-21-30(33)41(42,43)44)48-32-12-11-26(19-35(32)57-3)51-17-15-25(16-18-51)50(2)22-24-7-6-9-27-29(24)23-52(40(27)56)34-13-14-37(53)49-39(34)55/h4-12,19-21,25,34H,13-18,22-23H2,1-3H3,(H,45,54)(H2,46,47,48)(H,49,53,55). The van der Waals surface area contributed by atoms with Crippen molar-refractivity contribution in [3.8, 4) is 5.75 Å². The Morgan fingerprint density at radius 2 is 1.74 bits per heavy atom. The van der Waals surface area contributed by atoms with E-state index >= 15 is 0 Å². The number of ether oxygens (including phenoxy) is 1. The quantitative estimate of drug-likeness (QED) is 0.137. The molecule has 16 heteroatoms. The lowest BCUT2D eigenvalue weighted by molar-refractivity contribution is -0.138. The molecule has 4 aromatic rings. The van der Waals surface area contributed by atoms with E-state index in [2.05, 4.69) is 43.1 Å². The van der Waals surface area contributed by atoms with E-state index in [4.69, 9.17) is 4.74 Å². The van der Waals surface area contributed by atoms with Crippen LogP contribution < -0.4 is 30.9 Å². The Balaban J connectivity index is 1.00. The van der Waals surface area contributed by atoms with E-state index in [0.717, 1.165) is 48.9 Å². The Labute approximate surface area is 327 Å². The van der Waals surface area contributed by atoms with Gasteiger partial charge in [0.2, 0.25) is 11.8 Å². The number of hydrogen-bond acceptors (Lipinski definition) is 10. The van der Waals surface area contributed by atoms with Gasteiger partial charge in [0.05, 0.1) is 35.3 Å². The van der Waals surface area contributed by atoms with Gasteiger partial charge in [-0.3, -0.25) is 29.4 Å². The van der Waals surface area contributed by atoms with Gasteiger partial charge in [0, 0.05) is 75.3 Å². The smallest absolute Gasteiger partial charge is 0.419 e. The van der Waals surface area contributed by atoms with Gasteiger partial charge in [0.15, 0.2) is 0 Å². The number of piperidine rings is 2. The minimum Gasteiger partial charge on any atom is -0.494 e. The van der Waals surface area contributed by atoms with Crippen molar-refractivity contribution in [3.05, 3.63) is 101 Å². The van der Waals surface area contributed by atoms with Gasteiger partial charge in [-0.1, -0.05) is 24.3 Å². The lowest BCUT2D eigenvalue weighted by Crippen LogP contribution is -2.52. The Hall–Kier alpha value is -6.16. The molecule has 2 saturated heterocycles. The van der Waals surface area contributed by atoms with Crippen molar-refractivity contribution < 1.29 is 37.1 Å². The average Bonchev–Trinajstić information content (AvgIpc) is 3.54. The lowest BCUT2D eigenvalue weighted by Gasteiger charge is -2.38. The fraction of sp³-hybridized carbons (Fsp3) is 0.341. The van der Waals surface area contributed by atoms with E-state index in [9.17, 15) is 32.3 Å². The van der Waals surface area contributed by atoms with Gasteiger partial charge in [-0.25, -0.2) is 4.98 Å². The van der Waals surface area contributed by atoms with Crippen LogP contribution in [0.3, 0.4) is 0 Å². The zero-order chi connectivity index (χ0) is 40.4. The summed E-state index contributed by atoms with van der Waals surface area (Å²) in [6.07, 6.45) is -1.68. The number of carbonyl (C=O) groups excluding carboxylic acids is 4. The van der Waals surface area contributed by atoms with Crippen molar-refractivity contribution in [2.45, 2.75) is 57.0 Å². The van der Waals surface area contributed by atoms with Crippen LogP contribution in [0.25, 0.3) is 0 Å². The number of aromatic nitrogens is 1. The molecule has 0 bridgehead atoms. The Bertz CT molecular complexity index is 2210. The highest BCUT2D eigenvalue weighted by atomic mass is 19.4. The highest BCUT2D eigenvalue weighted by Crippen LogP contribution is 2.39. The van der Waals surface area contributed by atoms with Gasteiger partial charge in [0.25, 0.3) is 11.8 Å². The number of rotatable bonds is 11. The van der Waals surface area contributed by atoms with Crippen LogP contribution in [0.5, 0.6) is 5.75 Å². The summed E-state index contributed by atoms with van der Waals surface area (Å²) in [4.78, 5) is 60.2. The van der Waals surface area contributed by atoms with Gasteiger partial charge in [-0.05, 0) is 67.8 Å². The molecule has 4 N–H and O–H groups in total. The van der Waals surface area contributed by atoms with Crippen LogP contribution in [0, 0.1) is 0 Å². The third-order valence-electron chi connectivity index (χ3n) is 10.9. The minimum atomic E-state index is -4.71. The molecule has 0 aliphatic carbocycles. The summed E-state index contributed by atoms with van der Waals surface area (Å²) in [6.45, 7) is 2.50. The normalized spacial score (nSPS) is 17.4. The first-order valence-electron chi connectivity index (χ1n) is 18.7. The number of para-hydroxylation sites is 1. The summed E-state index contributed by atoms with van der Waals surface area (Å²) in [5.41, 5.74) is 3.11. The van der Waals surface area contributed by atoms with Crippen LogP contribution in [0.4, 0.5) is 41.7 Å². The second-order valence-corrected chi connectivity index (χ2v) is 14.3. The second kappa shape index (κ2) is 16.1. The molecule has 3 aliphatic rings. The zero-order valence-corrected chi connectivity index (χ0v) is 31.7. The Kier molecular flexibility index (Phi) is 11.1. The van der Waals surface area contributed by atoms with Gasteiger partial charge in [-0.2, -0.15) is 13.2 Å². The first kappa shape index (κ1) is 39.1. The summed E-state index contributed by atoms with van der Waals surface area (Å²) in [5, 5.41) is 10.7. The maximum absolute atomic E-state index is 14.1. The number of alkyl halides is 3. The van der Waals surface area contributed by atoms with Crippen LogP contribution in [0.2, 0.25) is 0 Å². The molecule has 7 rings (SSSR count). The number of halogens is 3. The number of pyridine rings is 1. The maximum Gasteiger partial charge on any atom is 0.419 e. The van der Waals surface area contributed by atoms with Crippen molar-refractivity contribution in [1.29, 1.82) is 0 Å². The molecule has 298 valence electrons. The van der Waals surface area contributed by atoms with Crippen LogP contribution >= 0.6 is 0 Å². The number of fused-ring (bicyclic) bond motifs is 1. The van der Waals surface area contributed by atoms with Crippen molar-refractivity contribution in [1.82, 2.24) is 25.4 Å². The number of carbonyl (C=O) groups is 4. The van der Waals surface area contributed by atoms with E-state index < -0.39 is 29.6 Å². The fourth-order valence-electron chi connectivity index (χ4n) is 7.80. The molecule has 57 heavy (non-hydrogen) atoms. The van der Waals surface area contributed by atoms with Crippen LogP contribution in [-0.2, 0) is 28.9 Å². The van der Waals surface area contributed by atoms with Crippen molar-refractivity contribution >= 4 is 52.2 Å². The highest BCUT2D eigenvalue weighted by molar-refractivity contribution is 6.05. The monoisotopic (exact) mass is 784 g/mol. The third kappa shape index (κ3) is 8.21. The summed E-state index contributed by atoms with van der Waals surface area (Å²) in [7, 11) is 5.04. The number of anilines is 5. The fourth-order valence-corrected chi connectivity index (χ4v) is 7.80. The topological polar surface area (TPSA) is 148 Å². The molecule has 13 nitrogen and oxygen atoms in total. The number of methoxy groups -OCH3 is 1. The molecule has 1 atom stereocenters. The van der Waals surface area contributed by atoms with E-state index in [-0.39, 0.29) is 47.0 Å². The van der Waals surface area contributed by atoms with E-state index in [1.54, 1.807) is 29.2 Å². The number of hydrogen-bond donors (Lipinski definition) is 4. The molecule has 1 unspecified atom stereocenters. The number of benzene rings is 3. The first-order valence-corrected chi connectivity index (χ1v) is 18.7. The molecular weight excluding hydrogens is 741 g/mol. The third-order valence-corrected chi connectivity index (χ3v) is 10.9. The van der Waals surface area contributed by atoms with E-state index in [0.29, 0.717) is 36.5 Å². The highest BCUT2D eigenvalue weighted by Gasteiger charge is 2.40. The number of imide groups is 1.